The highest BCUT2D eigenvalue weighted by Crippen LogP contribution is 2.23. The molecule has 3 fully saturated rings. The fourth-order valence-corrected chi connectivity index (χ4v) is 4.37. The number of hydrogen-bond donors (Lipinski definition) is 0. The zero-order valence-corrected chi connectivity index (χ0v) is 16.6. The van der Waals surface area contributed by atoms with Crippen molar-refractivity contribution in [1.82, 2.24) is 14.9 Å². The smallest absolute Gasteiger partial charge is 0.227 e. The molecule has 1 unspecified atom stereocenters. The molecule has 27 heavy (non-hydrogen) atoms. The standard InChI is InChI=1S/C20H33N5O2/c1-23(19-5-8-21-20(22-19)25-11-14-26-15-12-25)17-6-9-24(10-7-17)16-18-4-2-3-13-27-18/h5,8,17-18H,2-4,6-7,9-16H2,1H3. The van der Waals surface area contributed by atoms with Gasteiger partial charge in [0.15, 0.2) is 0 Å². The summed E-state index contributed by atoms with van der Waals surface area (Å²) in [6, 6.07) is 2.58. The molecule has 0 amide bonds. The van der Waals surface area contributed by atoms with Gasteiger partial charge in [-0.05, 0) is 38.2 Å². The third kappa shape index (κ3) is 4.89. The van der Waals surface area contributed by atoms with Crippen LogP contribution in [0.3, 0.4) is 0 Å². The van der Waals surface area contributed by atoms with E-state index in [0.717, 1.165) is 64.3 Å². The summed E-state index contributed by atoms with van der Waals surface area (Å²) in [6.45, 7) is 7.60. The van der Waals surface area contributed by atoms with Crippen molar-refractivity contribution in [1.29, 1.82) is 0 Å². The lowest BCUT2D eigenvalue weighted by Gasteiger charge is -2.39. The second-order valence-corrected chi connectivity index (χ2v) is 7.95. The summed E-state index contributed by atoms with van der Waals surface area (Å²) < 4.78 is 11.3. The van der Waals surface area contributed by atoms with E-state index in [4.69, 9.17) is 14.5 Å². The van der Waals surface area contributed by atoms with Crippen molar-refractivity contribution in [3.8, 4) is 0 Å². The first-order valence-corrected chi connectivity index (χ1v) is 10.5. The third-order valence-corrected chi connectivity index (χ3v) is 6.12. The average Bonchev–Trinajstić information content (AvgIpc) is 2.75. The molecule has 1 atom stereocenters. The van der Waals surface area contributed by atoms with Gasteiger partial charge in [0.1, 0.15) is 5.82 Å². The molecule has 3 aliphatic rings. The fraction of sp³-hybridized carbons (Fsp3) is 0.800. The molecular weight excluding hydrogens is 342 g/mol. The van der Waals surface area contributed by atoms with E-state index in [2.05, 4.69) is 26.7 Å². The van der Waals surface area contributed by atoms with Gasteiger partial charge in [0.2, 0.25) is 5.95 Å². The summed E-state index contributed by atoms with van der Waals surface area (Å²) in [4.78, 5) is 16.5. The van der Waals surface area contributed by atoms with Crippen LogP contribution in [0.4, 0.5) is 11.8 Å². The van der Waals surface area contributed by atoms with Gasteiger partial charge < -0.3 is 24.2 Å². The topological polar surface area (TPSA) is 54.0 Å². The van der Waals surface area contributed by atoms with Gasteiger partial charge in [0.25, 0.3) is 0 Å². The Morgan fingerprint density at radius 2 is 1.89 bits per heavy atom. The lowest BCUT2D eigenvalue weighted by atomic mass is 10.0. The molecule has 0 aromatic carbocycles. The van der Waals surface area contributed by atoms with E-state index in [1.807, 2.05) is 12.3 Å². The highest BCUT2D eigenvalue weighted by molar-refractivity contribution is 5.44. The van der Waals surface area contributed by atoms with E-state index in [1.54, 1.807) is 0 Å². The van der Waals surface area contributed by atoms with Gasteiger partial charge in [-0.3, -0.25) is 0 Å². The van der Waals surface area contributed by atoms with Gasteiger partial charge in [0.05, 0.1) is 19.3 Å². The van der Waals surface area contributed by atoms with Crippen molar-refractivity contribution in [2.24, 2.45) is 0 Å². The molecule has 0 bridgehead atoms. The first-order valence-electron chi connectivity index (χ1n) is 10.5. The zero-order chi connectivity index (χ0) is 18.5. The number of nitrogens with zero attached hydrogens (tertiary/aromatic N) is 5. The van der Waals surface area contributed by atoms with E-state index in [9.17, 15) is 0 Å². The van der Waals surface area contributed by atoms with E-state index in [-0.39, 0.29) is 0 Å². The summed E-state index contributed by atoms with van der Waals surface area (Å²) in [5.41, 5.74) is 0. The van der Waals surface area contributed by atoms with Crippen molar-refractivity contribution in [2.75, 3.05) is 69.4 Å². The van der Waals surface area contributed by atoms with Crippen LogP contribution in [0.15, 0.2) is 12.3 Å². The molecule has 0 spiro atoms. The normalized spacial score (nSPS) is 25.5. The average molecular weight is 376 g/mol. The molecule has 150 valence electrons. The highest BCUT2D eigenvalue weighted by atomic mass is 16.5. The Hall–Kier alpha value is -1.44. The van der Waals surface area contributed by atoms with Gasteiger partial charge in [-0.1, -0.05) is 0 Å². The number of morpholine rings is 1. The van der Waals surface area contributed by atoms with E-state index in [1.165, 1.54) is 32.1 Å². The predicted molar refractivity (Wildman–Crippen MR) is 107 cm³/mol. The van der Waals surface area contributed by atoms with Gasteiger partial charge in [-0.2, -0.15) is 4.98 Å². The Morgan fingerprint density at radius 3 is 2.63 bits per heavy atom. The Kier molecular flexibility index (Phi) is 6.42. The summed E-state index contributed by atoms with van der Waals surface area (Å²) >= 11 is 0. The number of piperidine rings is 1. The Balaban J connectivity index is 1.30. The number of rotatable bonds is 5. The van der Waals surface area contributed by atoms with E-state index >= 15 is 0 Å². The third-order valence-electron chi connectivity index (χ3n) is 6.12. The van der Waals surface area contributed by atoms with Crippen LogP contribution in [0, 0.1) is 0 Å². The SMILES string of the molecule is CN(c1ccnc(N2CCOCC2)n1)C1CCN(CC2CCCCO2)CC1. The van der Waals surface area contributed by atoms with Crippen LogP contribution in [0.5, 0.6) is 0 Å². The second kappa shape index (κ2) is 9.17. The lowest BCUT2D eigenvalue weighted by molar-refractivity contribution is -0.00943. The first-order chi connectivity index (χ1) is 13.3. The van der Waals surface area contributed by atoms with E-state index in [0.29, 0.717) is 12.1 Å². The van der Waals surface area contributed by atoms with Crippen LogP contribution in [-0.2, 0) is 9.47 Å². The molecule has 7 nitrogen and oxygen atoms in total. The molecule has 0 aliphatic carbocycles. The molecule has 1 aromatic rings. The number of ether oxygens (including phenoxy) is 2. The Morgan fingerprint density at radius 1 is 1.07 bits per heavy atom. The molecule has 1 aromatic heterocycles. The van der Waals surface area contributed by atoms with Crippen LogP contribution in [0.25, 0.3) is 0 Å². The van der Waals surface area contributed by atoms with Gasteiger partial charge in [0, 0.05) is 58.6 Å². The van der Waals surface area contributed by atoms with Crippen LogP contribution in [0.2, 0.25) is 0 Å². The maximum Gasteiger partial charge on any atom is 0.227 e. The first kappa shape index (κ1) is 18.9. The molecule has 3 aliphatic heterocycles. The molecule has 0 N–H and O–H groups in total. The van der Waals surface area contributed by atoms with Crippen molar-refractivity contribution >= 4 is 11.8 Å². The van der Waals surface area contributed by atoms with Crippen molar-refractivity contribution in [2.45, 2.75) is 44.2 Å². The summed E-state index contributed by atoms with van der Waals surface area (Å²) in [6.07, 6.45) is 8.48. The van der Waals surface area contributed by atoms with Gasteiger partial charge >= 0.3 is 0 Å². The minimum absolute atomic E-state index is 0.450. The summed E-state index contributed by atoms with van der Waals surface area (Å²) in [5.74, 6) is 1.86. The number of aromatic nitrogens is 2. The minimum Gasteiger partial charge on any atom is -0.378 e. The summed E-state index contributed by atoms with van der Waals surface area (Å²) in [5, 5.41) is 0. The molecular formula is C20H33N5O2. The highest BCUT2D eigenvalue weighted by Gasteiger charge is 2.26. The molecule has 4 rings (SSSR count). The second-order valence-electron chi connectivity index (χ2n) is 7.95. The Bertz CT molecular complexity index is 581. The molecule has 4 heterocycles. The predicted octanol–water partition coefficient (Wildman–Crippen LogP) is 1.78. The maximum absolute atomic E-state index is 5.91. The fourth-order valence-electron chi connectivity index (χ4n) is 4.37. The number of likely N-dealkylation sites (tertiary alicyclic amines) is 1. The lowest BCUT2D eigenvalue weighted by Crippen LogP contribution is -2.46. The molecule has 3 saturated heterocycles. The maximum atomic E-state index is 5.91. The van der Waals surface area contributed by atoms with Gasteiger partial charge in [-0.25, -0.2) is 4.98 Å². The van der Waals surface area contributed by atoms with Crippen LogP contribution in [-0.4, -0.2) is 86.6 Å². The minimum atomic E-state index is 0.450. The zero-order valence-electron chi connectivity index (χ0n) is 16.6. The Labute approximate surface area is 162 Å². The van der Waals surface area contributed by atoms with Crippen molar-refractivity contribution in [3.05, 3.63) is 12.3 Å². The van der Waals surface area contributed by atoms with Crippen molar-refractivity contribution in [3.63, 3.8) is 0 Å². The number of anilines is 2. The molecule has 7 heteroatoms. The van der Waals surface area contributed by atoms with E-state index < -0.39 is 0 Å². The monoisotopic (exact) mass is 375 g/mol. The van der Waals surface area contributed by atoms with Crippen molar-refractivity contribution < 1.29 is 9.47 Å². The number of hydrogen-bond acceptors (Lipinski definition) is 7. The quantitative estimate of drug-likeness (QED) is 0.778. The molecule has 0 radical (unpaired) electrons. The summed E-state index contributed by atoms with van der Waals surface area (Å²) in [7, 11) is 2.18. The van der Waals surface area contributed by atoms with Crippen LogP contribution < -0.4 is 9.80 Å². The van der Waals surface area contributed by atoms with Crippen LogP contribution >= 0.6 is 0 Å². The largest absolute Gasteiger partial charge is 0.378 e. The van der Waals surface area contributed by atoms with Crippen LogP contribution in [0.1, 0.15) is 32.1 Å². The van der Waals surface area contributed by atoms with Gasteiger partial charge in [-0.15, -0.1) is 0 Å². The molecule has 0 saturated carbocycles.